The van der Waals surface area contributed by atoms with E-state index in [-0.39, 0.29) is 5.82 Å². The first-order valence-electron chi connectivity index (χ1n) is 8.49. The van der Waals surface area contributed by atoms with E-state index in [1.54, 1.807) is 24.4 Å². The zero-order valence-corrected chi connectivity index (χ0v) is 15.0. The molecule has 1 aromatic heterocycles. The normalized spacial score (nSPS) is 17.6. The molecule has 1 aliphatic carbocycles. The Morgan fingerprint density at radius 1 is 1.33 bits per heavy atom. The summed E-state index contributed by atoms with van der Waals surface area (Å²) in [6, 6.07) is 7.36. The lowest BCUT2D eigenvalue weighted by Gasteiger charge is -2.24. The van der Waals surface area contributed by atoms with E-state index in [2.05, 4.69) is 28.2 Å². The van der Waals surface area contributed by atoms with E-state index in [1.165, 1.54) is 0 Å². The number of benzene rings is 1. The van der Waals surface area contributed by atoms with Crippen molar-refractivity contribution in [1.29, 1.82) is 5.26 Å². The first-order valence-corrected chi connectivity index (χ1v) is 8.87. The first kappa shape index (κ1) is 17.2. The summed E-state index contributed by atoms with van der Waals surface area (Å²) in [6.07, 6.45) is 2.95. The van der Waals surface area contributed by atoms with E-state index in [0.29, 0.717) is 28.6 Å². The molecule has 0 spiro atoms. The molecule has 2 aromatic rings. The van der Waals surface area contributed by atoms with Gasteiger partial charge >= 0.3 is 6.09 Å². The van der Waals surface area contributed by atoms with Crippen molar-refractivity contribution in [3.63, 3.8) is 0 Å². The van der Waals surface area contributed by atoms with E-state index < -0.39 is 12.2 Å². The molecular weight excluding hydrogens is 364 g/mol. The van der Waals surface area contributed by atoms with Gasteiger partial charge in [-0.05, 0) is 42.2 Å². The van der Waals surface area contributed by atoms with Gasteiger partial charge < -0.3 is 10.5 Å². The molecular formula is C20H15ClN4O2. The highest BCUT2D eigenvalue weighted by Crippen LogP contribution is 2.36. The number of hydrogen-bond donors (Lipinski definition) is 2. The number of nitrogen functional groups attached to an aromatic ring is 1. The standard InChI is InChI=1S/C20H15ClN4O2/c21-16-9-14-17(25-20(26)27-18(14)4-3-11-1-2-11)8-13(16)7-12-5-6-24-19(23)15(12)10-22/h5-6,8-9,11,18H,1-2,7H2,(H2,23,24)(H,25,26). The van der Waals surface area contributed by atoms with Crippen LogP contribution in [0.15, 0.2) is 24.4 Å². The number of anilines is 2. The minimum atomic E-state index is -0.632. The third-order valence-electron chi connectivity index (χ3n) is 4.52. The number of pyridine rings is 1. The number of aromatic nitrogens is 1. The Morgan fingerprint density at radius 2 is 2.15 bits per heavy atom. The van der Waals surface area contributed by atoms with Gasteiger partial charge in [-0.15, -0.1) is 0 Å². The number of carbonyl (C=O) groups excluding carboxylic acids is 1. The van der Waals surface area contributed by atoms with Crippen molar-refractivity contribution in [2.24, 2.45) is 5.92 Å². The van der Waals surface area contributed by atoms with E-state index in [4.69, 9.17) is 22.1 Å². The maximum absolute atomic E-state index is 11.9. The van der Waals surface area contributed by atoms with Crippen LogP contribution in [0.3, 0.4) is 0 Å². The Balaban J connectivity index is 1.70. The quantitative estimate of drug-likeness (QED) is 0.774. The highest BCUT2D eigenvalue weighted by molar-refractivity contribution is 6.31. The predicted molar refractivity (Wildman–Crippen MR) is 101 cm³/mol. The van der Waals surface area contributed by atoms with Gasteiger partial charge in [0.1, 0.15) is 11.9 Å². The number of carbonyl (C=O) groups is 1. The van der Waals surface area contributed by atoms with Crippen molar-refractivity contribution in [2.45, 2.75) is 25.4 Å². The fraction of sp³-hybridized carbons (Fsp3) is 0.250. The van der Waals surface area contributed by atoms with Crippen LogP contribution >= 0.6 is 11.6 Å². The topological polar surface area (TPSA) is 101 Å². The third kappa shape index (κ3) is 3.53. The monoisotopic (exact) mass is 378 g/mol. The van der Waals surface area contributed by atoms with Gasteiger partial charge in [-0.2, -0.15) is 5.26 Å². The zero-order valence-electron chi connectivity index (χ0n) is 14.3. The smallest absolute Gasteiger partial charge is 0.413 e. The Morgan fingerprint density at radius 3 is 2.89 bits per heavy atom. The molecule has 6 nitrogen and oxygen atoms in total. The van der Waals surface area contributed by atoms with Crippen molar-refractivity contribution >= 4 is 29.2 Å². The van der Waals surface area contributed by atoms with Crippen LogP contribution < -0.4 is 11.1 Å². The number of fused-ring (bicyclic) bond motifs is 1. The zero-order chi connectivity index (χ0) is 19.0. The lowest BCUT2D eigenvalue weighted by molar-refractivity contribution is 0.134. The second-order valence-electron chi connectivity index (χ2n) is 6.52. The van der Waals surface area contributed by atoms with Gasteiger partial charge in [-0.1, -0.05) is 23.4 Å². The third-order valence-corrected chi connectivity index (χ3v) is 4.87. The number of ether oxygens (including phenoxy) is 1. The molecule has 1 saturated carbocycles. The Hall–Kier alpha value is -3.22. The molecule has 1 fully saturated rings. The van der Waals surface area contributed by atoms with Crippen LogP contribution in [0.4, 0.5) is 16.3 Å². The van der Waals surface area contributed by atoms with Gasteiger partial charge in [0.05, 0.1) is 11.3 Å². The van der Waals surface area contributed by atoms with Gasteiger partial charge in [-0.3, -0.25) is 5.32 Å². The van der Waals surface area contributed by atoms with E-state index in [0.717, 1.165) is 29.5 Å². The lowest BCUT2D eigenvalue weighted by atomic mass is 9.97. The lowest BCUT2D eigenvalue weighted by Crippen LogP contribution is -2.24. The molecule has 2 heterocycles. The predicted octanol–water partition coefficient (Wildman–Crippen LogP) is 3.80. The van der Waals surface area contributed by atoms with Gasteiger partial charge in [-0.25, -0.2) is 9.78 Å². The molecule has 2 aliphatic rings. The van der Waals surface area contributed by atoms with Crippen LogP contribution in [-0.2, 0) is 11.2 Å². The Labute approximate surface area is 161 Å². The van der Waals surface area contributed by atoms with E-state index in [1.807, 2.05) is 0 Å². The number of rotatable bonds is 2. The minimum Gasteiger partial charge on any atom is -0.428 e. The summed E-state index contributed by atoms with van der Waals surface area (Å²) in [4.78, 5) is 15.8. The molecule has 0 bridgehead atoms. The van der Waals surface area contributed by atoms with Crippen molar-refractivity contribution in [1.82, 2.24) is 4.98 Å². The summed E-state index contributed by atoms with van der Waals surface area (Å²) < 4.78 is 5.31. The number of nitrogens with zero attached hydrogens (tertiary/aromatic N) is 2. The fourth-order valence-corrected chi connectivity index (χ4v) is 3.17. The molecule has 1 aliphatic heterocycles. The number of nitrogens with one attached hydrogen (secondary N) is 1. The first-order chi connectivity index (χ1) is 13.0. The molecule has 3 N–H and O–H groups in total. The minimum absolute atomic E-state index is 0.182. The highest BCUT2D eigenvalue weighted by atomic mass is 35.5. The molecule has 1 aromatic carbocycles. The maximum atomic E-state index is 11.9. The summed E-state index contributed by atoms with van der Waals surface area (Å²) in [7, 11) is 0. The average molecular weight is 379 g/mol. The average Bonchev–Trinajstić information content (AvgIpc) is 3.45. The SMILES string of the molecule is N#Cc1c(Cc2cc3c(cc2Cl)C(C#CC2CC2)OC(=O)N3)ccnc1N. The van der Waals surface area contributed by atoms with E-state index >= 15 is 0 Å². The van der Waals surface area contributed by atoms with Crippen molar-refractivity contribution in [3.8, 4) is 17.9 Å². The molecule has 1 amide bonds. The number of amides is 1. The van der Waals surface area contributed by atoms with Crippen molar-refractivity contribution < 1.29 is 9.53 Å². The van der Waals surface area contributed by atoms with E-state index in [9.17, 15) is 10.1 Å². The number of nitriles is 1. The number of nitrogens with two attached hydrogens (primary N) is 1. The molecule has 4 rings (SSSR count). The van der Waals surface area contributed by atoms with Crippen molar-refractivity contribution in [3.05, 3.63) is 51.7 Å². The summed E-state index contributed by atoms with van der Waals surface area (Å²) >= 11 is 6.48. The summed E-state index contributed by atoms with van der Waals surface area (Å²) in [5.74, 6) is 6.74. The summed E-state index contributed by atoms with van der Waals surface area (Å²) in [5.41, 5.74) is 8.92. The van der Waals surface area contributed by atoms with Crippen LogP contribution in [-0.4, -0.2) is 11.1 Å². The van der Waals surface area contributed by atoms with Crippen LogP contribution in [0.5, 0.6) is 0 Å². The number of cyclic esters (lactones) is 1. The second kappa shape index (κ2) is 6.83. The molecule has 134 valence electrons. The molecule has 7 heteroatoms. The van der Waals surface area contributed by atoms with Gasteiger partial charge in [0.2, 0.25) is 0 Å². The molecule has 0 saturated heterocycles. The largest absolute Gasteiger partial charge is 0.428 e. The van der Waals surface area contributed by atoms with Crippen LogP contribution in [0, 0.1) is 29.1 Å². The van der Waals surface area contributed by atoms with Crippen LogP contribution in [0.1, 0.15) is 41.2 Å². The van der Waals surface area contributed by atoms with Crippen LogP contribution in [0.2, 0.25) is 5.02 Å². The number of halogens is 1. The van der Waals surface area contributed by atoms with Crippen LogP contribution in [0.25, 0.3) is 0 Å². The van der Waals surface area contributed by atoms with Crippen molar-refractivity contribution in [2.75, 3.05) is 11.1 Å². The van der Waals surface area contributed by atoms with Gasteiger partial charge in [0, 0.05) is 29.1 Å². The number of hydrogen-bond acceptors (Lipinski definition) is 5. The summed E-state index contributed by atoms with van der Waals surface area (Å²) in [6.45, 7) is 0. The Bertz CT molecular complexity index is 1040. The highest BCUT2D eigenvalue weighted by Gasteiger charge is 2.27. The summed E-state index contributed by atoms with van der Waals surface area (Å²) in [5, 5.41) is 12.5. The molecule has 1 unspecified atom stereocenters. The Kier molecular flexibility index (Phi) is 4.35. The molecule has 1 atom stereocenters. The maximum Gasteiger partial charge on any atom is 0.413 e. The molecule has 0 radical (unpaired) electrons. The van der Waals surface area contributed by atoms with Gasteiger partial charge in [0.25, 0.3) is 0 Å². The van der Waals surface area contributed by atoms with Gasteiger partial charge in [0.15, 0.2) is 6.10 Å². The molecule has 27 heavy (non-hydrogen) atoms. The second-order valence-corrected chi connectivity index (χ2v) is 6.93. The fourth-order valence-electron chi connectivity index (χ4n) is 2.93.